The topological polar surface area (TPSA) is 155 Å². The molecule has 9 rings (SSSR count). The van der Waals surface area contributed by atoms with E-state index in [0.29, 0.717) is 122 Å². The van der Waals surface area contributed by atoms with Crippen molar-refractivity contribution in [3.63, 3.8) is 0 Å². The number of phenolic OH excluding ortho intramolecular Hbond substituents is 1. The van der Waals surface area contributed by atoms with Crippen LogP contribution in [0.2, 0.25) is 0 Å². The fourth-order valence-electron chi connectivity index (χ4n) is 10.2. The summed E-state index contributed by atoms with van der Waals surface area (Å²) in [5, 5.41) is 23.3. The molecule has 4 aromatic carbocycles. The van der Waals surface area contributed by atoms with Crippen molar-refractivity contribution in [1.29, 1.82) is 5.26 Å². The number of morpholine rings is 1. The maximum atomic E-state index is 15.7. The molecule has 1 saturated heterocycles. The minimum absolute atomic E-state index is 0.0592. The molecule has 1 atom stereocenters. The summed E-state index contributed by atoms with van der Waals surface area (Å²) in [5.41, 5.74) is 9.62. The van der Waals surface area contributed by atoms with E-state index < -0.39 is 11.7 Å². The monoisotopic (exact) mass is 961 g/mol. The van der Waals surface area contributed by atoms with Gasteiger partial charge in [0, 0.05) is 105 Å². The van der Waals surface area contributed by atoms with Crippen LogP contribution in [-0.2, 0) is 60.7 Å². The van der Waals surface area contributed by atoms with Gasteiger partial charge in [0.05, 0.1) is 43.5 Å². The van der Waals surface area contributed by atoms with Crippen LogP contribution in [0.15, 0.2) is 84.9 Å². The van der Waals surface area contributed by atoms with Crippen molar-refractivity contribution in [3.05, 3.63) is 147 Å². The zero-order valence-electron chi connectivity index (χ0n) is 41.0. The van der Waals surface area contributed by atoms with Crippen molar-refractivity contribution in [2.75, 3.05) is 64.5 Å². The van der Waals surface area contributed by atoms with Crippen molar-refractivity contribution in [1.82, 2.24) is 23.8 Å². The van der Waals surface area contributed by atoms with Crippen LogP contribution in [0.3, 0.4) is 0 Å². The SMILES string of the molecule is CCOC[C@@H]1Cc2ccccc2CN1C(=O)c1cc2c(cc1-c1c(-c3cc(C#N)n(C)c3C)c(C(=O)Nc3ccc(O)cc3)c(C)n1C)CCN(C(=O)Cc1ccc(OCCN3CCOCC3)cc1F)C2. The Labute approximate surface area is 413 Å². The smallest absolute Gasteiger partial charge is 0.258 e. The highest BCUT2D eigenvalue weighted by Crippen LogP contribution is 2.44. The summed E-state index contributed by atoms with van der Waals surface area (Å²) < 4.78 is 36.6. The number of benzene rings is 4. The molecule has 3 aliphatic heterocycles. The first kappa shape index (κ1) is 48.8. The molecule has 1 fully saturated rings. The van der Waals surface area contributed by atoms with Gasteiger partial charge in [0.25, 0.3) is 11.8 Å². The van der Waals surface area contributed by atoms with Gasteiger partial charge in [0.2, 0.25) is 5.91 Å². The number of nitriles is 1. The predicted molar refractivity (Wildman–Crippen MR) is 268 cm³/mol. The third-order valence-electron chi connectivity index (χ3n) is 14.4. The fourth-order valence-corrected chi connectivity index (χ4v) is 10.2. The minimum atomic E-state index is -0.512. The zero-order valence-corrected chi connectivity index (χ0v) is 41.0. The van der Waals surface area contributed by atoms with Crippen LogP contribution in [0.1, 0.15) is 72.5 Å². The number of anilines is 1. The van der Waals surface area contributed by atoms with Gasteiger partial charge in [0.15, 0.2) is 0 Å². The Morgan fingerprint density at radius 3 is 2.35 bits per heavy atom. The Bertz CT molecular complexity index is 3040. The molecule has 0 saturated carbocycles. The van der Waals surface area contributed by atoms with Crippen molar-refractivity contribution in [2.45, 2.75) is 59.2 Å². The molecule has 0 bridgehead atoms. The van der Waals surface area contributed by atoms with E-state index in [-0.39, 0.29) is 42.1 Å². The van der Waals surface area contributed by atoms with E-state index in [0.717, 1.165) is 41.0 Å². The van der Waals surface area contributed by atoms with Crippen LogP contribution >= 0.6 is 0 Å². The number of nitrogens with zero attached hydrogens (tertiary/aromatic N) is 6. The van der Waals surface area contributed by atoms with Gasteiger partial charge in [-0.05, 0) is 110 Å². The summed E-state index contributed by atoms with van der Waals surface area (Å²) in [5.74, 6) is -0.927. The lowest BCUT2D eigenvalue weighted by molar-refractivity contribution is -0.131. The molecule has 0 spiro atoms. The third-order valence-corrected chi connectivity index (χ3v) is 14.4. The zero-order chi connectivity index (χ0) is 49.9. The highest BCUT2D eigenvalue weighted by atomic mass is 19.1. The number of carbonyl (C=O) groups excluding carboxylic acids is 3. The van der Waals surface area contributed by atoms with E-state index in [1.165, 1.54) is 18.2 Å². The number of hydrogen-bond donors (Lipinski definition) is 2. The van der Waals surface area contributed by atoms with Gasteiger partial charge in [-0.1, -0.05) is 30.3 Å². The molecule has 2 aromatic heterocycles. The predicted octanol–water partition coefficient (Wildman–Crippen LogP) is 7.73. The molecule has 15 heteroatoms. The molecule has 368 valence electrons. The molecule has 6 aromatic rings. The second-order valence-corrected chi connectivity index (χ2v) is 18.6. The molecule has 2 N–H and O–H groups in total. The van der Waals surface area contributed by atoms with Gasteiger partial charge in [-0.2, -0.15) is 5.26 Å². The van der Waals surface area contributed by atoms with Crippen LogP contribution < -0.4 is 10.1 Å². The Balaban J connectivity index is 1.11. The average Bonchev–Trinajstić information content (AvgIpc) is 3.82. The number of hydrogen-bond acceptors (Lipinski definition) is 9. The molecule has 14 nitrogen and oxygen atoms in total. The van der Waals surface area contributed by atoms with Gasteiger partial charge < -0.3 is 43.6 Å². The Kier molecular flexibility index (Phi) is 14.4. The molecule has 3 aliphatic rings. The second-order valence-electron chi connectivity index (χ2n) is 18.6. The first-order valence-corrected chi connectivity index (χ1v) is 24.3. The molecule has 71 heavy (non-hydrogen) atoms. The fraction of sp³-hybridized carbons (Fsp3) is 0.357. The van der Waals surface area contributed by atoms with E-state index in [9.17, 15) is 20.0 Å². The average molecular weight is 962 g/mol. The molecular formula is C56H60FN7O7. The number of aromatic nitrogens is 2. The summed E-state index contributed by atoms with van der Waals surface area (Å²) in [6, 6.07) is 26.7. The normalized spacial score (nSPS) is 15.8. The van der Waals surface area contributed by atoms with Crippen LogP contribution in [0.4, 0.5) is 10.1 Å². The molecular weight excluding hydrogens is 902 g/mol. The largest absolute Gasteiger partial charge is 0.508 e. The summed E-state index contributed by atoms with van der Waals surface area (Å²) in [7, 11) is 3.69. The molecule has 0 aliphatic carbocycles. The Morgan fingerprint density at radius 1 is 0.873 bits per heavy atom. The molecule has 0 radical (unpaired) electrons. The van der Waals surface area contributed by atoms with Gasteiger partial charge in [-0.15, -0.1) is 0 Å². The summed E-state index contributed by atoms with van der Waals surface area (Å²) >= 11 is 0. The first-order chi connectivity index (χ1) is 34.3. The van der Waals surface area contributed by atoms with Gasteiger partial charge >= 0.3 is 0 Å². The van der Waals surface area contributed by atoms with Crippen LogP contribution in [0, 0.1) is 31.0 Å². The summed E-state index contributed by atoms with van der Waals surface area (Å²) in [6.07, 6.45) is 0.910. The maximum absolute atomic E-state index is 15.7. The lowest BCUT2D eigenvalue weighted by Gasteiger charge is -2.38. The number of rotatable bonds is 14. The van der Waals surface area contributed by atoms with Crippen LogP contribution in [0.25, 0.3) is 22.4 Å². The molecule has 3 amide bonds. The Hall–Kier alpha value is -7.25. The lowest BCUT2D eigenvalue weighted by Crippen LogP contribution is -2.47. The standard InChI is InChI=1S/C56H60FN7O7/c1-6-69-34-44-25-37-9-7-8-10-40(37)33-64(44)56(68)49-27-41-32-63(51(66)28-39-11-16-46(30-50(39)57)71-24-21-62-19-22-70-23-20-62)18-17-38(41)26-48(49)54-53(47-29-43(31-58)60(4)35(47)2)52(36(3)61(54)5)55(67)59-42-12-14-45(65)15-13-42/h7-16,26-27,29-30,44,65H,6,17-25,28,32-34H2,1-5H3,(H,59,67)/t44-/m0/s1. The number of amides is 3. The number of ether oxygens (including phenoxy) is 3. The highest BCUT2D eigenvalue weighted by molar-refractivity contribution is 6.14. The number of halogens is 1. The Morgan fingerprint density at radius 2 is 1.63 bits per heavy atom. The highest BCUT2D eigenvalue weighted by Gasteiger charge is 2.36. The number of nitrogens with one attached hydrogen (secondary N) is 1. The van der Waals surface area contributed by atoms with Gasteiger partial charge in [-0.25, -0.2) is 4.39 Å². The van der Waals surface area contributed by atoms with Crippen molar-refractivity contribution >= 4 is 23.4 Å². The van der Waals surface area contributed by atoms with E-state index in [1.54, 1.807) is 39.8 Å². The van der Waals surface area contributed by atoms with Crippen molar-refractivity contribution in [3.8, 4) is 40.0 Å². The van der Waals surface area contributed by atoms with Gasteiger partial charge in [-0.3, -0.25) is 19.3 Å². The molecule has 0 unspecified atom stereocenters. The van der Waals surface area contributed by atoms with Crippen LogP contribution in [0.5, 0.6) is 11.5 Å². The van der Waals surface area contributed by atoms with Crippen LogP contribution in [-0.4, -0.2) is 112 Å². The summed E-state index contributed by atoms with van der Waals surface area (Å²) in [4.78, 5) is 50.4. The molecule has 5 heterocycles. The van der Waals surface area contributed by atoms with E-state index in [2.05, 4.69) is 22.4 Å². The maximum Gasteiger partial charge on any atom is 0.258 e. The third kappa shape index (κ3) is 10.1. The quantitative estimate of drug-likeness (QED) is 0.105. The van der Waals surface area contributed by atoms with E-state index in [4.69, 9.17) is 14.2 Å². The van der Waals surface area contributed by atoms with Crippen molar-refractivity contribution in [2.24, 2.45) is 14.1 Å². The summed E-state index contributed by atoms with van der Waals surface area (Å²) in [6.45, 7) is 11.6. The van der Waals surface area contributed by atoms with E-state index >= 15 is 9.18 Å². The van der Waals surface area contributed by atoms with Gasteiger partial charge in [0.1, 0.15) is 35.7 Å². The minimum Gasteiger partial charge on any atom is -0.508 e. The second kappa shape index (κ2) is 21.0. The first-order valence-electron chi connectivity index (χ1n) is 24.3. The number of aromatic hydroxyl groups is 1. The number of phenols is 1. The van der Waals surface area contributed by atoms with Crippen molar-refractivity contribution < 1.29 is 38.1 Å². The number of fused-ring (bicyclic) bond motifs is 2. The lowest BCUT2D eigenvalue weighted by atomic mass is 9.87. The number of carbonyl (C=O) groups is 3. The van der Waals surface area contributed by atoms with E-state index in [1.807, 2.05) is 74.7 Å².